The van der Waals surface area contributed by atoms with Crippen LogP contribution in [0, 0.1) is 22.7 Å². The molecular weight excluding hydrogens is 853 g/mol. The van der Waals surface area contributed by atoms with Gasteiger partial charge in [0.05, 0.1) is 29.1 Å². The summed E-state index contributed by atoms with van der Waals surface area (Å²) in [7, 11) is 1.47. The van der Waals surface area contributed by atoms with E-state index in [1.54, 1.807) is 52.8 Å². The monoisotopic (exact) mass is 917 g/mol. The number of hydrogen-bond donors (Lipinski definition) is 4. The number of ether oxygens (including phenoxy) is 5. The number of hydrogen-bond acceptors (Lipinski definition) is 12. The molecule has 15 nitrogen and oxygen atoms in total. The summed E-state index contributed by atoms with van der Waals surface area (Å²) in [6.07, 6.45) is -4.51. The van der Waals surface area contributed by atoms with Gasteiger partial charge >= 0.3 is 24.0 Å². The van der Waals surface area contributed by atoms with E-state index >= 15 is 4.39 Å². The number of carbonyl (C=O) groups is 6. The summed E-state index contributed by atoms with van der Waals surface area (Å²) < 4.78 is 43.7. The van der Waals surface area contributed by atoms with E-state index in [-0.39, 0.29) is 50.4 Å². The van der Waals surface area contributed by atoms with Crippen molar-refractivity contribution in [2.24, 2.45) is 22.7 Å². The standard InChI is InChI=1S/C47H65ClFN3O12/c1-27(2)21-36-41(56)62-34(13-12-14-37(53)52-33(23-30-17-20-35(60-11)32(48)22-30)40(55)50-25-47(9,10)43(58)63-36)28(3)39(54)38(49)31-18-15-29(16-19-31)24-61-42(57)46(7,8)26-51-44(59)64-45(4,5)6/h12,14-20,22,27-28,33-34,36,38-39,54H,13,21,23-26H2,1-11H3,(H,50,55)(H,51,59)(H,52,53). The summed E-state index contributed by atoms with van der Waals surface area (Å²) in [5.41, 5.74) is -1.91. The SMILES string of the molecule is COc1ccc(CC2NC(=O)C=CCC(C(C)C(O)C(F)c3ccc(COC(=O)C(C)(C)CNC(=O)OC(C)(C)C)cc3)OC(=O)C(CC(C)C)OC(=O)C(C)(C)CNC2=O)cc1Cl. The number of aliphatic hydroxyl groups excluding tert-OH is 1. The van der Waals surface area contributed by atoms with Crippen LogP contribution in [0.2, 0.25) is 5.02 Å². The molecule has 0 saturated carbocycles. The van der Waals surface area contributed by atoms with Crippen LogP contribution in [-0.2, 0) is 55.9 Å². The second kappa shape index (κ2) is 23.1. The van der Waals surface area contributed by atoms with Crippen molar-refractivity contribution in [3.8, 4) is 5.75 Å². The van der Waals surface area contributed by atoms with Crippen molar-refractivity contribution < 1.29 is 61.9 Å². The predicted molar refractivity (Wildman–Crippen MR) is 237 cm³/mol. The van der Waals surface area contributed by atoms with Crippen LogP contribution >= 0.6 is 11.6 Å². The summed E-state index contributed by atoms with van der Waals surface area (Å²) in [5.74, 6) is -4.36. The second-order valence-electron chi connectivity index (χ2n) is 18.8. The van der Waals surface area contributed by atoms with Crippen molar-refractivity contribution in [3.05, 3.63) is 76.3 Å². The van der Waals surface area contributed by atoms with Gasteiger partial charge < -0.3 is 44.7 Å². The lowest BCUT2D eigenvalue weighted by Gasteiger charge is -2.32. The van der Waals surface area contributed by atoms with E-state index in [2.05, 4.69) is 16.0 Å². The van der Waals surface area contributed by atoms with Gasteiger partial charge in [-0.05, 0) is 95.7 Å². The van der Waals surface area contributed by atoms with Gasteiger partial charge in [0, 0.05) is 31.8 Å². The van der Waals surface area contributed by atoms with E-state index in [0.717, 1.165) is 6.08 Å². The first kappa shape index (κ1) is 53.1. The number of amides is 3. The molecule has 0 bridgehead atoms. The van der Waals surface area contributed by atoms with Crippen LogP contribution in [0.1, 0.15) is 105 Å². The second-order valence-corrected chi connectivity index (χ2v) is 19.2. The number of carbonyl (C=O) groups excluding carboxylic acids is 6. The molecule has 3 amide bonds. The Bertz CT molecular complexity index is 1980. The normalized spacial score (nSPS) is 20.5. The first-order valence-electron chi connectivity index (χ1n) is 21.3. The molecule has 4 N–H and O–H groups in total. The van der Waals surface area contributed by atoms with Crippen LogP contribution in [0.3, 0.4) is 0 Å². The van der Waals surface area contributed by atoms with E-state index in [9.17, 15) is 33.9 Å². The van der Waals surface area contributed by atoms with Gasteiger partial charge in [0.15, 0.2) is 12.3 Å². The van der Waals surface area contributed by atoms with E-state index in [0.29, 0.717) is 21.9 Å². The summed E-state index contributed by atoms with van der Waals surface area (Å²) >= 11 is 6.33. The fourth-order valence-electron chi connectivity index (χ4n) is 6.32. The number of nitrogens with one attached hydrogen (secondary N) is 3. The van der Waals surface area contributed by atoms with Crippen molar-refractivity contribution in [2.45, 2.75) is 131 Å². The minimum absolute atomic E-state index is 0.0250. The van der Waals surface area contributed by atoms with Gasteiger partial charge in [0.1, 0.15) is 30.1 Å². The highest BCUT2D eigenvalue weighted by Crippen LogP contribution is 2.32. The Morgan fingerprint density at radius 3 is 2.23 bits per heavy atom. The molecule has 1 aliphatic rings. The average Bonchev–Trinajstić information content (AvgIpc) is 3.21. The van der Waals surface area contributed by atoms with Crippen LogP contribution in [0.25, 0.3) is 0 Å². The zero-order valence-electron chi connectivity index (χ0n) is 38.7. The van der Waals surface area contributed by atoms with Crippen LogP contribution in [-0.4, -0.2) is 91.1 Å². The molecule has 1 aliphatic heterocycles. The van der Waals surface area contributed by atoms with Crippen molar-refractivity contribution in [1.82, 2.24) is 16.0 Å². The highest BCUT2D eigenvalue weighted by Gasteiger charge is 2.39. The third-order valence-electron chi connectivity index (χ3n) is 10.4. The maximum absolute atomic E-state index is 16.2. The topological polar surface area (TPSA) is 205 Å². The minimum atomic E-state index is -1.98. The molecule has 64 heavy (non-hydrogen) atoms. The molecule has 1 heterocycles. The quantitative estimate of drug-likeness (QED) is 0.116. The molecule has 0 saturated heterocycles. The Labute approximate surface area is 380 Å². The average molecular weight is 918 g/mol. The molecule has 0 aromatic heterocycles. The Morgan fingerprint density at radius 2 is 1.64 bits per heavy atom. The lowest BCUT2D eigenvalue weighted by molar-refractivity contribution is -0.180. The van der Waals surface area contributed by atoms with Crippen molar-refractivity contribution in [3.63, 3.8) is 0 Å². The fourth-order valence-corrected chi connectivity index (χ4v) is 6.60. The van der Waals surface area contributed by atoms with Crippen LogP contribution < -0.4 is 20.7 Å². The highest BCUT2D eigenvalue weighted by atomic mass is 35.5. The molecule has 0 spiro atoms. The van der Waals surface area contributed by atoms with Gasteiger partial charge in [-0.1, -0.05) is 68.8 Å². The number of cyclic esters (lactones) is 2. The first-order chi connectivity index (χ1) is 29.7. The largest absolute Gasteiger partial charge is 0.495 e. The van der Waals surface area contributed by atoms with Crippen LogP contribution in [0.15, 0.2) is 54.6 Å². The maximum Gasteiger partial charge on any atom is 0.407 e. The van der Waals surface area contributed by atoms with Gasteiger partial charge in [-0.25, -0.2) is 14.0 Å². The van der Waals surface area contributed by atoms with E-state index < -0.39 is 88.7 Å². The van der Waals surface area contributed by atoms with Gasteiger partial charge in [0.2, 0.25) is 11.8 Å². The van der Waals surface area contributed by atoms with Crippen LogP contribution in [0.4, 0.5) is 9.18 Å². The number of aliphatic hydroxyl groups is 1. The molecule has 6 unspecified atom stereocenters. The number of halogens is 2. The Balaban J connectivity index is 1.83. The van der Waals surface area contributed by atoms with E-state index in [1.165, 1.54) is 58.2 Å². The van der Waals surface area contributed by atoms with Crippen molar-refractivity contribution >= 4 is 47.4 Å². The molecule has 6 atom stereocenters. The zero-order chi connectivity index (χ0) is 48.2. The van der Waals surface area contributed by atoms with Crippen molar-refractivity contribution in [1.29, 1.82) is 0 Å². The van der Waals surface area contributed by atoms with Gasteiger partial charge in [-0.3, -0.25) is 19.2 Å². The number of alkyl carbamates (subject to hydrolysis) is 1. The summed E-state index contributed by atoms with van der Waals surface area (Å²) in [4.78, 5) is 79.2. The summed E-state index contributed by atoms with van der Waals surface area (Å²) in [6.45, 7) is 16.2. The minimum Gasteiger partial charge on any atom is -0.495 e. The molecule has 17 heteroatoms. The lowest BCUT2D eigenvalue weighted by Crippen LogP contribution is -2.51. The number of benzene rings is 2. The highest BCUT2D eigenvalue weighted by molar-refractivity contribution is 6.32. The predicted octanol–water partition coefficient (Wildman–Crippen LogP) is 6.65. The third kappa shape index (κ3) is 16.4. The number of esters is 3. The van der Waals surface area contributed by atoms with E-state index in [1.807, 2.05) is 13.8 Å². The summed E-state index contributed by atoms with van der Waals surface area (Å²) in [6, 6.07) is 9.76. The fraction of sp³-hybridized carbons (Fsp3) is 0.574. The van der Waals surface area contributed by atoms with Crippen LogP contribution in [0.5, 0.6) is 5.75 Å². The molecule has 3 rings (SSSR count). The Kier molecular flexibility index (Phi) is 19.2. The third-order valence-corrected chi connectivity index (χ3v) is 10.7. The van der Waals surface area contributed by atoms with Gasteiger partial charge in [0.25, 0.3) is 0 Å². The maximum atomic E-state index is 16.2. The molecule has 2 aromatic carbocycles. The molecule has 0 aliphatic carbocycles. The van der Waals surface area contributed by atoms with E-state index in [4.69, 9.17) is 35.3 Å². The molecule has 354 valence electrons. The Morgan fingerprint density at radius 1 is 1.00 bits per heavy atom. The van der Waals surface area contributed by atoms with Crippen molar-refractivity contribution in [2.75, 3.05) is 20.2 Å². The Hall–Kier alpha value is -5.22. The first-order valence-corrected chi connectivity index (χ1v) is 21.6. The zero-order valence-corrected chi connectivity index (χ0v) is 39.4. The number of methoxy groups -OCH3 is 1. The van der Waals surface area contributed by atoms with Gasteiger partial charge in [-0.15, -0.1) is 0 Å². The number of rotatable bonds is 14. The molecule has 0 radical (unpaired) electrons. The molecular formula is C47H65ClFN3O12. The lowest BCUT2D eigenvalue weighted by atomic mass is 9.89. The number of alkyl halides is 1. The molecule has 2 aromatic rings. The van der Waals surface area contributed by atoms with Gasteiger partial charge in [-0.2, -0.15) is 0 Å². The smallest absolute Gasteiger partial charge is 0.407 e. The molecule has 0 fully saturated rings. The summed E-state index contributed by atoms with van der Waals surface area (Å²) in [5, 5.41) is 19.7.